The molecule has 1 atom stereocenters. The molecule has 0 spiro atoms. The first-order valence-electron chi connectivity index (χ1n) is 5.25. The number of rotatable bonds is 3. The predicted molar refractivity (Wildman–Crippen MR) is 62.2 cm³/mol. The molecule has 1 aromatic heterocycles. The Morgan fingerprint density at radius 2 is 2.38 bits per heavy atom. The highest BCUT2D eigenvalue weighted by molar-refractivity contribution is 7.09. The minimum Gasteiger partial charge on any atom is -0.345 e. The van der Waals surface area contributed by atoms with Gasteiger partial charge in [-0.25, -0.2) is 0 Å². The molecule has 16 heavy (non-hydrogen) atoms. The molecule has 0 radical (unpaired) electrons. The van der Waals surface area contributed by atoms with Crippen LogP contribution in [-0.2, 0) is 16.0 Å². The van der Waals surface area contributed by atoms with E-state index in [0.29, 0.717) is 0 Å². The summed E-state index contributed by atoms with van der Waals surface area (Å²) in [6.45, 7) is 2.30. The van der Waals surface area contributed by atoms with Gasteiger partial charge in [-0.3, -0.25) is 9.59 Å². The summed E-state index contributed by atoms with van der Waals surface area (Å²) in [6.07, 6.45) is 0.816. The van der Waals surface area contributed by atoms with Crippen molar-refractivity contribution in [2.24, 2.45) is 0 Å². The molecule has 0 aromatic carbocycles. The Kier molecular flexibility index (Phi) is 3.24. The third kappa shape index (κ3) is 2.41. The molecular weight excluding hydrogens is 224 g/mol. The first kappa shape index (κ1) is 11.1. The number of hydrogen-bond donors (Lipinski definition) is 1. The summed E-state index contributed by atoms with van der Waals surface area (Å²) in [5.74, 6) is -0.0683. The zero-order chi connectivity index (χ0) is 11.5. The normalized spacial score (nSPS) is 18.4. The monoisotopic (exact) mass is 238 g/mol. The van der Waals surface area contributed by atoms with Gasteiger partial charge in [-0.1, -0.05) is 6.07 Å². The lowest BCUT2D eigenvalue weighted by molar-refractivity contribution is -0.142. The number of thiophene rings is 1. The van der Waals surface area contributed by atoms with Gasteiger partial charge in [0, 0.05) is 17.3 Å². The van der Waals surface area contributed by atoms with Crippen molar-refractivity contribution in [1.82, 2.24) is 10.2 Å². The van der Waals surface area contributed by atoms with Gasteiger partial charge >= 0.3 is 0 Å². The Bertz CT molecular complexity index is 389. The summed E-state index contributed by atoms with van der Waals surface area (Å²) >= 11 is 1.68. The molecule has 0 saturated carbocycles. The van der Waals surface area contributed by atoms with Crippen molar-refractivity contribution >= 4 is 23.2 Å². The van der Waals surface area contributed by atoms with Gasteiger partial charge in [0.1, 0.15) is 0 Å². The van der Waals surface area contributed by atoms with Crippen LogP contribution in [0.4, 0.5) is 0 Å². The second kappa shape index (κ2) is 4.65. The summed E-state index contributed by atoms with van der Waals surface area (Å²) in [5, 5.41) is 4.57. The van der Waals surface area contributed by atoms with Crippen molar-refractivity contribution in [3.8, 4) is 0 Å². The van der Waals surface area contributed by atoms with Crippen LogP contribution in [0.5, 0.6) is 0 Å². The van der Waals surface area contributed by atoms with Crippen molar-refractivity contribution in [2.45, 2.75) is 19.4 Å². The van der Waals surface area contributed by atoms with Gasteiger partial charge in [-0.2, -0.15) is 0 Å². The molecule has 1 aliphatic heterocycles. The zero-order valence-electron chi connectivity index (χ0n) is 9.10. The highest BCUT2D eigenvalue weighted by atomic mass is 32.1. The number of nitrogens with one attached hydrogen (secondary N) is 1. The van der Waals surface area contributed by atoms with E-state index in [0.717, 1.165) is 6.42 Å². The van der Waals surface area contributed by atoms with Crippen molar-refractivity contribution in [3.05, 3.63) is 22.4 Å². The maximum absolute atomic E-state index is 11.6. The lowest BCUT2D eigenvalue weighted by Gasteiger charge is -2.31. The van der Waals surface area contributed by atoms with Gasteiger partial charge in [0.05, 0.1) is 13.1 Å². The number of carbonyl (C=O) groups excluding carboxylic acids is 2. The second-order valence-corrected chi connectivity index (χ2v) is 4.96. The Morgan fingerprint density at radius 1 is 1.56 bits per heavy atom. The van der Waals surface area contributed by atoms with E-state index in [1.807, 2.05) is 18.4 Å². The van der Waals surface area contributed by atoms with Crippen LogP contribution < -0.4 is 5.32 Å². The second-order valence-electron chi connectivity index (χ2n) is 3.93. The molecule has 1 fully saturated rings. The van der Waals surface area contributed by atoms with Crippen LogP contribution >= 0.6 is 11.3 Å². The standard InChI is InChI=1S/C11H14N2O2S/c1-8(5-9-3-2-4-16-9)13-7-10(14)12-6-11(13)15/h2-4,8H,5-7H2,1H3,(H,12,14). The van der Waals surface area contributed by atoms with Crippen molar-refractivity contribution in [2.75, 3.05) is 13.1 Å². The van der Waals surface area contributed by atoms with Crippen molar-refractivity contribution in [1.29, 1.82) is 0 Å². The van der Waals surface area contributed by atoms with Crippen LogP contribution in [0.2, 0.25) is 0 Å². The quantitative estimate of drug-likeness (QED) is 0.840. The summed E-state index contributed by atoms with van der Waals surface area (Å²) in [4.78, 5) is 25.7. The minimum atomic E-state index is -0.0716. The van der Waals surface area contributed by atoms with E-state index >= 15 is 0 Å². The van der Waals surface area contributed by atoms with Crippen LogP contribution in [-0.4, -0.2) is 35.8 Å². The van der Waals surface area contributed by atoms with Crippen LogP contribution in [0.15, 0.2) is 17.5 Å². The van der Waals surface area contributed by atoms with E-state index in [2.05, 4.69) is 11.4 Å². The fourth-order valence-corrected chi connectivity index (χ4v) is 2.63. The zero-order valence-corrected chi connectivity index (χ0v) is 9.92. The summed E-state index contributed by atoms with van der Waals surface area (Å²) in [5.41, 5.74) is 0. The van der Waals surface area contributed by atoms with Gasteiger partial charge < -0.3 is 10.2 Å². The van der Waals surface area contributed by atoms with E-state index in [9.17, 15) is 9.59 Å². The third-order valence-corrected chi connectivity index (χ3v) is 3.58. The maximum Gasteiger partial charge on any atom is 0.242 e. The van der Waals surface area contributed by atoms with Crippen LogP contribution in [0.1, 0.15) is 11.8 Å². The van der Waals surface area contributed by atoms with Gasteiger partial charge in [0.2, 0.25) is 11.8 Å². The molecular formula is C11H14N2O2S. The molecule has 1 aliphatic rings. The predicted octanol–water partition coefficient (Wildman–Crippen LogP) is 0.637. The Morgan fingerprint density at radius 3 is 3.06 bits per heavy atom. The fraction of sp³-hybridized carbons (Fsp3) is 0.455. The fourth-order valence-electron chi connectivity index (χ4n) is 1.81. The van der Waals surface area contributed by atoms with Crippen molar-refractivity contribution < 1.29 is 9.59 Å². The van der Waals surface area contributed by atoms with Crippen molar-refractivity contribution in [3.63, 3.8) is 0 Å². The van der Waals surface area contributed by atoms with Gasteiger partial charge in [0.15, 0.2) is 0 Å². The third-order valence-electron chi connectivity index (χ3n) is 2.68. The van der Waals surface area contributed by atoms with E-state index in [1.54, 1.807) is 16.2 Å². The number of hydrogen-bond acceptors (Lipinski definition) is 3. The highest BCUT2D eigenvalue weighted by Crippen LogP contribution is 2.15. The molecule has 2 heterocycles. The Balaban J connectivity index is 2.00. The molecule has 4 nitrogen and oxygen atoms in total. The molecule has 1 saturated heterocycles. The van der Waals surface area contributed by atoms with Crippen LogP contribution in [0.25, 0.3) is 0 Å². The van der Waals surface area contributed by atoms with E-state index in [4.69, 9.17) is 0 Å². The number of carbonyl (C=O) groups is 2. The maximum atomic E-state index is 11.6. The Hall–Kier alpha value is -1.36. The van der Waals surface area contributed by atoms with E-state index < -0.39 is 0 Å². The lowest BCUT2D eigenvalue weighted by Crippen LogP contribution is -2.54. The van der Waals surface area contributed by atoms with Crippen LogP contribution in [0, 0.1) is 0 Å². The lowest BCUT2D eigenvalue weighted by atomic mass is 10.1. The Labute approximate surface area is 98.3 Å². The van der Waals surface area contributed by atoms with Crippen LogP contribution in [0.3, 0.4) is 0 Å². The number of piperazine rings is 1. The molecule has 1 aromatic rings. The highest BCUT2D eigenvalue weighted by Gasteiger charge is 2.27. The molecule has 2 rings (SSSR count). The molecule has 0 bridgehead atoms. The largest absolute Gasteiger partial charge is 0.345 e. The molecule has 5 heteroatoms. The SMILES string of the molecule is CC(Cc1cccs1)N1CC(=O)NCC1=O. The van der Waals surface area contributed by atoms with E-state index in [-0.39, 0.29) is 30.9 Å². The molecule has 2 amide bonds. The number of amides is 2. The minimum absolute atomic E-state index is 0.00339. The summed E-state index contributed by atoms with van der Waals surface area (Å²) < 4.78 is 0. The smallest absolute Gasteiger partial charge is 0.242 e. The first-order chi connectivity index (χ1) is 7.66. The molecule has 1 N–H and O–H groups in total. The number of nitrogens with zero attached hydrogens (tertiary/aromatic N) is 1. The topological polar surface area (TPSA) is 49.4 Å². The molecule has 0 aliphatic carbocycles. The average Bonchev–Trinajstić information content (AvgIpc) is 2.74. The molecule has 86 valence electrons. The summed E-state index contributed by atoms with van der Waals surface area (Å²) in [6, 6.07) is 4.13. The van der Waals surface area contributed by atoms with E-state index in [1.165, 1.54) is 4.88 Å². The molecule has 1 unspecified atom stereocenters. The average molecular weight is 238 g/mol. The first-order valence-corrected chi connectivity index (χ1v) is 6.13. The van der Waals surface area contributed by atoms with Gasteiger partial charge in [0.25, 0.3) is 0 Å². The van der Waals surface area contributed by atoms with Gasteiger partial charge in [-0.05, 0) is 18.4 Å². The summed E-state index contributed by atoms with van der Waals surface area (Å²) in [7, 11) is 0. The van der Waals surface area contributed by atoms with Gasteiger partial charge in [-0.15, -0.1) is 11.3 Å².